The molecule has 1 aliphatic carbocycles. The van der Waals surface area contributed by atoms with Crippen molar-refractivity contribution in [3.8, 4) is 0 Å². The van der Waals surface area contributed by atoms with Crippen molar-refractivity contribution in [3.63, 3.8) is 0 Å². The molecule has 1 aliphatic rings. The van der Waals surface area contributed by atoms with Crippen molar-refractivity contribution < 1.29 is 0 Å². The van der Waals surface area contributed by atoms with Crippen LogP contribution in [0.3, 0.4) is 0 Å². The average Bonchev–Trinajstić information content (AvgIpc) is 2.88. The number of thioether (sulfide) groups is 1. The number of para-hydroxylation sites is 1. The number of nitrogens with one attached hydrogen (secondary N) is 1. The molecule has 1 aromatic carbocycles. The second-order valence-corrected chi connectivity index (χ2v) is 8.08. The van der Waals surface area contributed by atoms with Crippen LogP contribution < -0.4 is 5.32 Å². The summed E-state index contributed by atoms with van der Waals surface area (Å²) in [6.07, 6.45) is 5.49. The first-order valence-electron chi connectivity index (χ1n) is 7.53. The van der Waals surface area contributed by atoms with Crippen LogP contribution in [0.1, 0.15) is 32.6 Å². The molecule has 1 N–H and O–H groups in total. The Morgan fingerprint density at radius 3 is 2.85 bits per heavy atom. The SMILES string of the molecule is CC1CCC(NCCSc2nc3ccccc3s2)CC1. The van der Waals surface area contributed by atoms with Gasteiger partial charge in [0.15, 0.2) is 4.34 Å². The lowest BCUT2D eigenvalue weighted by atomic mass is 9.87. The highest BCUT2D eigenvalue weighted by atomic mass is 32.2. The van der Waals surface area contributed by atoms with E-state index in [1.54, 1.807) is 0 Å². The van der Waals surface area contributed by atoms with E-state index >= 15 is 0 Å². The molecule has 0 aliphatic heterocycles. The number of hydrogen-bond donors (Lipinski definition) is 1. The van der Waals surface area contributed by atoms with Crippen LogP contribution in [0.4, 0.5) is 0 Å². The summed E-state index contributed by atoms with van der Waals surface area (Å²) in [5, 5.41) is 3.70. The lowest BCUT2D eigenvalue weighted by Gasteiger charge is -2.26. The van der Waals surface area contributed by atoms with Crippen LogP contribution in [-0.2, 0) is 0 Å². The maximum Gasteiger partial charge on any atom is 0.151 e. The quantitative estimate of drug-likeness (QED) is 0.647. The van der Waals surface area contributed by atoms with Gasteiger partial charge in [0.2, 0.25) is 0 Å². The molecule has 1 saturated carbocycles. The van der Waals surface area contributed by atoms with Gasteiger partial charge in [0.1, 0.15) is 0 Å². The summed E-state index contributed by atoms with van der Waals surface area (Å²) in [6, 6.07) is 9.14. The summed E-state index contributed by atoms with van der Waals surface area (Å²) >= 11 is 3.69. The van der Waals surface area contributed by atoms with Crippen LogP contribution >= 0.6 is 23.1 Å². The predicted molar refractivity (Wildman–Crippen MR) is 89.8 cm³/mol. The van der Waals surface area contributed by atoms with E-state index in [1.807, 2.05) is 23.1 Å². The summed E-state index contributed by atoms with van der Waals surface area (Å²) in [6.45, 7) is 3.47. The van der Waals surface area contributed by atoms with Crippen molar-refractivity contribution in [2.45, 2.75) is 43.0 Å². The molecule has 0 amide bonds. The molecular formula is C16H22N2S2. The monoisotopic (exact) mass is 306 g/mol. The van der Waals surface area contributed by atoms with Gasteiger partial charge in [0, 0.05) is 18.3 Å². The van der Waals surface area contributed by atoms with Gasteiger partial charge in [-0.05, 0) is 43.7 Å². The van der Waals surface area contributed by atoms with Gasteiger partial charge >= 0.3 is 0 Å². The number of nitrogens with zero attached hydrogens (tertiary/aromatic N) is 1. The molecule has 4 heteroatoms. The Kier molecular flexibility index (Phi) is 4.97. The maximum absolute atomic E-state index is 4.66. The van der Waals surface area contributed by atoms with Gasteiger partial charge in [0.05, 0.1) is 10.2 Å². The number of hydrogen-bond acceptors (Lipinski definition) is 4. The highest BCUT2D eigenvalue weighted by molar-refractivity contribution is 8.01. The molecule has 20 heavy (non-hydrogen) atoms. The fourth-order valence-electron chi connectivity index (χ4n) is 2.78. The maximum atomic E-state index is 4.66. The largest absolute Gasteiger partial charge is 0.313 e. The fraction of sp³-hybridized carbons (Fsp3) is 0.562. The molecule has 2 aromatic rings. The van der Waals surface area contributed by atoms with E-state index in [-0.39, 0.29) is 0 Å². The molecule has 1 heterocycles. The summed E-state index contributed by atoms with van der Waals surface area (Å²) in [7, 11) is 0. The Morgan fingerprint density at radius 2 is 2.05 bits per heavy atom. The minimum atomic E-state index is 0.752. The van der Waals surface area contributed by atoms with Gasteiger partial charge < -0.3 is 5.32 Å². The fourth-order valence-corrected chi connectivity index (χ4v) is 4.79. The van der Waals surface area contributed by atoms with Gasteiger partial charge in [-0.3, -0.25) is 0 Å². The molecule has 1 fully saturated rings. The van der Waals surface area contributed by atoms with Crippen molar-refractivity contribution in [1.82, 2.24) is 10.3 Å². The lowest BCUT2D eigenvalue weighted by molar-refractivity contribution is 0.312. The van der Waals surface area contributed by atoms with Crippen molar-refractivity contribution in [1.29, 1.82) is 0 Å². The Labute approximate surface area is 129 Å². The Balaban J connectivity index is 1.41. The molecule has 108 valence electrons. The van der Waals surface area contributed by atoms with E-state index in [1.165, 1.54) is 34.7 Å². The molecule has 2 nitrogen and oxygen atoms in total. The zero-order chi connectivity index (χ0) is 13.8. The second kappa shape index (κ2) is 6.92. The van der Waals surface area contributed by atoms with E-state index in [2.05, 4.69) is 41.5 Å². The zero-order valence-corrected chi connectivity index (χ0v) is 13.6. The Hall–Kier alpha value is -0.580. The van der Waals surface area contributed by atoms with Crippen LogP contribution in [0.15, 0.2) is 28.6 Å². The summed E-state index contributed by atoms with van der Waals surface area (Å²) in [5.74, 6) is 2.05. The molecule has 0 bridgehead atoms. The molecule has 3 rings (SSSR count). The van der Waals surface area contributed by atoms with Gasteiger partial charge in [0.25, 0.3) is 0 Å². The minimum absolute atomic E-state index is 0.752. The third kappa shape index (κ3) is 3.74. The van der Waals surface area contributed by atoms with E-state index in [0.717, 1.165) is 29.8 Å². The molecule has 0 atom stereocenters. The normalized spacial score (nSPS) is 23.2. The molecule has 0 unspecified atom stereocenters. The van der Waals surface area contributed by atoms with Gasteiger partial charge in [-0.25, -0.2) is 4.98 Å². The van der Waals surface area contributed by atoms with E-state index in [0.29, 0.717) is 0 Å². The first kappa shape index (κ1) is 14.4. The van der Waals surface area contributed by atoms with Crippen molar-refractivity contribution >= 4 is 33.3 Å². The van der Waals surface area contributed by atoms with Crippen molar-refractivity contribution in [2.24, 2.45) is 5.92 Å². The van der Waals surface area contributed by atoms with Crippen molar-refractivity contribution in [3.05, 3.63) is 24.3 Å². The van der Waals surface area contributed by atoms with Gasteiger partial charge in [-0.1, -0.05) is 30.8 Å². The number of rotatable bonds is 5. The van der Waals surface area contributed by atoms with Gasteiger partial charge in [-0.2, -0.15) is 0 Å². The third-order valence-corrected chi connectivity index (χ3v) is 6.23. The topological polar surface area (TPSA) is 24.9 Å². The van der Waals surface area contributed by atoms with Crippen LogP contribution in [0.5, 0.6) is 0 Å². The number of thiazole rings is 1. The summed E-state index contributed by atoms with van der Waals surface area (Å²) in [4.78, 5) is 4.66. The number of fused-ring (bicyclic) bond motifs is 1. The molecular weight excluding hydrogens is 284 g/mol. The first-order chi connectivity index (χ1) is 9.81. The highest BCUT2D eigenvalue weighted by Gasteiger charge is 2.17. The van der Waals surface area contributed by atoms with Crippen LogP contribution in [-0.4, -0.2) is 23.3 Å². The lowest BCUT2D eigenvalue weighted by Crippen LogP contribution is -2.34. The van der Waals surface area contributed by atoms with Crippen LogP contribution in [0, 0.1) is 5.92 Å². The van der Waals surface area contributed by atoms with Crippen LogP contribution in [0.25, 0.3) is 10.2 Å². The highest BCUT2D eigenvalue weighted by Crippen LogP contribution is 2.29. The second-order valence-electron chi connectivity index (χ2n) is 5.71. The first-order valence-corrected chi connectivity index (χ1v) is 9.33. The zero-order valence-electron chi connectivity index (χ0n) is 12.0. The molecule has 1 aromatic heterocycles. The number of aromatic nitrogens is 1. The molecule has 0 saturated heterocycles. The minimum Gasteiger partial charge on any atom is -0.313 e. The predicted octanol–water partition coefficient (Wildman–Crippen LogP) is 4.56. The van der Waals surface area contributed by atoms with Crippen molar-refractivity contribution in [2.75, 3.05) is 12.3 Å². The Morgan fingerprint density at radius 1 is 1.25 bits per heavy atom. The summed E-state index contributed by atoms with van der Waals surface area (Å²) < 4.78 is 2.49. The summed E-state index contributed by atoms with van der Waals surface area (Å²) in [5.41, 5.74) is 1.13. The Bertz CT molecular complexity index is 511. The van der Waals surface area contributed by atoms with E-state index in [4.69, 9.17) is 0 Å². The van der Waals surface area contributed by atoms with Gasteiger partial charge in [-0.15, -0.1) is 11.3 Å². The van der Waals surface area contributed by atoms with E-state index in [9.17, 15) is 0 Å². The average molecular weight is 307 g/mol. The third-order valence-electron chi connectivity index (χ3n) is 4.05. The molecule has 0 spiro atoms. The standard InChI is InChI=1S/C16H22N2S2/c1-12-6-8-13(9-7-12)17-10-11-19-16-18-14-4-2-3-5-15(14)20-16/h2-5,12-13,17H,6-11H2,1H3. The smallest absolute Gasteiger partial charge is 0.151 e. The molecule has 0 radical (unpaired) electrons. The van der Waals surface area contributed by atoms with Crippen LogP contribution in [0.2, 0.25) is 0 Å². The van der Waals surface area contributed by atoms with E-state index < -0.39 is 0 Å². The number of benzene rings is 1.